The number of carboxylic acids is 1. The van der Waals surface area contributed by atoms with Crippen molar-refractivity contribution in [2.45, 2.75) is 32.7 Å². The number of fused-ring (bicyclic) bond motifs is 2. The van der Waals surface area contributed by atoms with Crippen molar-refractivity contribution in [3.05, 3.63) is 12.2 Å². The molecule has 4 nitrogen and oxygen atoms in total. The molecule has 0 aromatic carbocycles. The van der Waals surface area contributed by atoms with Crippen LogP contribution >= 0.6 is 0 Å². The molecule has 0 spiro atoms. The molecule has 6 atom stereocenters. The SMILES string of the molecule is CC1CC(C)N(C(=O)[C@H]2C3C=CC(C3)[C@H]2C(=O)O)C1. The van der Waals surface area contributed by atoms with Crippen LogP contribution in [0, 0.1) is 29.6 Å². The summed E-state index contributed by atoms with van der Waals surface area (Å²) in [6, 6.07) is 0.250. The molecule has 3 rings (SSSR count). The Labute approximate surface area is 113 Å². The number of allylic oxidation sites excluding steroid dienone is 2. The molecule has 1 saturated carbocycles. The molecule has 1 heterocycles. The third-order valence-electron chi connectivity index (χ3n) is 5.10. The van der Waals surface area contributed by atoms with Gasteiger partial charge in [0, 0.05) is 12.6 Å². The van der Waals surface area contributed by atoms with Crippen LogP contribution in [0.15, 0.2) is 12.2 Å². The topological polar surface area (TPSA) is 57.6 Å². The van der Waals surface area contributed by atoms with E-state index in [4.69, 9.17) is 0 Å². The fourth-order valence-corrected chi connectivity index (χ4v) is 4.29. The lowest BCUT2D eigenvalue weighted by Gasteiger charge is -2.30. The predicted octanol–water partition coefficient (Wildman–Crippen LogP) is 1.77. The minimum Gasteiger partial charge on any atom is -0.481 e. The second-order valence-corrected chi connectivity index (χ2v) is 6.52. The minimum atomic E-state index is -0.810. The summed E-state index contributed by atoms with van der Waals surface area (Å²) in [7, 11) is 0. The van der Waals surface area contributed by atoms with Gasteiger partial charge in [-0.05, 0) is 37.5 Å². The predicted molar refractivity (Wildman–Crippen MR) is 70.3 cm³/mol. The van der Waals surface area contributed by atoms with Gasteiger partial charge in [-0.3, -0.25) is 9.59 Å². The van der Waals surface area contributed by atoms with E-state index in [1.165, 1.54) is 0 Å². The van der Waals surface area contributed by atoms with Crippen molar-refractivity contribution in [2.75, 3.05) is 6.54 Å². The summed E-state index contributed by atoms with van der Waals surface area (Å²) in [4.78, 5) is 26.1. The number of nitrogens with zero attached hydrogens (tertiary/aromatic N) is 1. The molecule has 2 aliphatic carbocycles. The standard InChI is InChI=1S/C15H21NO3/c1-8-5-9(2)16(7-8)14(17)12-10-3-4-11(6-10)13(12)15(18)19/h3-4,8-13H,5-7H2,1-2H3,(H,18,19)/t8?,9?,10?,11?,12-,13+/m0/s1. The number of carbonyl (C=O) groups excluding carboxylic acids is 1. The third kappa shape index (κ3) is 1.88. The summed E-state index contributed by atoms with van der Waals surface area (Å²) < 4.78 is 0. The first-order chi connectivity index (χ1) is 8.99. The smallest absolute Gasteiger partial charge is 0.307 e. The van der Waals surface area contributed by atoms with Gasteiger partial charge < -0.3 is 10.0 Å². The molecule has 19 heavy (non-hydrogen) atoms. The van der Waals surface area contributed by atoms with Crippen LogP contribution in [0.4, 0.5) is 0 Å². The number of rotatable bonds is 2. The summed E-state index contributed by atoms with van der Waals surface area (Å²) in [6.07, 6.45) is 5.91. The fraction of sp³-hybridized carbons (Fsp3) is 0.733. The highest BCUT2D eigenvalue weighted by molar-refractivity contribution is 5.87. The van der Waals surface area contributed by atoms with Gasteiger partial charge in [0.25, 0.3) is 0 Å². The maximum atomic E-state index is 12.7. The Balaban J connectivity index is 1.83. The van der Waals surface area contributed by atoms with Gasteiger partial charge in [0.05, 0.1) is 11.8 Å². The Kier molecular flexibility index (Phi) is 2.91. The number of carbonyl (C=O) groups is 2. The highest BCUT2D eigenvalue weighted by atomic mass is 16.4. The van der Waals surface area contributed by atoms with E-state index >= 15 is 0 Å². The van der Waals surface area contributed by atoms with Crippen LogP contribution in [0.5, 0.6) is 0 Å². The highest BCUT2D eigenvalue weighted by Crippen LogP contribution is 2.49. The highest BCUT2D eigenvalue weighted by Gasteiger charge is 2.53. The summed E-state index contributed by atoms with van der Waals surface area (Å²) in [5.74, 6) is -0.855. The van der Waals surface area contributed by atoms with Crippen molar-refractivity contribution in [3.63, 3.8) is 0 Å². The number of carboxylic acid groups (broad SMARTS) is 1. The number of hydrogen-bond donors (Lipinski definition) is 1. The first kappa shape index (κ1) is 12.7. The van der Waals surface area contributed by atoms with Gasteiger partial charge in [-0.2, -0.15) is 0 Å². The van der Waals surface area contributed by atoms with Gasteiger partial charge in [0.1, 0.15) is 0 Å². The van der Waals surface area contributed by atoms with E-state index in [9.17, 15) is 14.7 Å². The second kappa shape index (κ2) is 4.36. The summed E-state index contributed by atoms with van der Waals surface area (Å²) in [6.45, 7) is 5.00. The molecule has 1 N–H and O–H groups in total. The van der Waals surface area contributed by atoms with Gasteiger partial charge >= 0.3 is 5.97 Å². The van der Waals surface area contributed by atoms with Crippen molar-refractivity contribution < 1.29 is 14.7 Å². The van der Waals surface area contributed by atoms with Crippen LogP contribution in [-0.2, 0) is 9.59 Å². The van der Waals surface area contributed by atoms with E-state index in [1.807, 2.05) is 11.0 Å². The van der Waals surface area contributed by atoms with Gasteiger partial charge in [-0.1, -0.05) is 19.1 Å². The number of aliphatic carboxylic acids is 1. The van der Waals surface area contributed by atoms with Crippen LogP contribution in [0.3, 0.4) is 0 Å². The normalized spacial score (nSPS) is 44.0. The summed E-state index contributed by atoms with van der Waals surface area (Å²) in [5, 5.41) is 9.41. The Morgan fingerprint density at radius 3 is 2.26 bits per heavy atom. The molecular weight excluding hydrogens is 242 g/mol. The Bertz CT molecular complexity index is 445. The lowest BCUT2D eigenvalue weighted by molar-refractivity contribution is -0.151. The van der Waals surface area contributed by atoms with Crippen molar-refractivity contribution in [3.8, 4) is 0 Å². The molecule has 4 heteroatoms. The molecule has 104 valence electrons. The molecule has 3 aliphatic rings. The Hall–Kier alpha value is -1.32. The quantitative estimate of drug-likeness (QED) is 0.772. The second-order valence-electron chi connectivity index (χ2n) is 6.52. The van der Waals surface area contributed by atoms with E-state index in [1.54, 1.807) is 0 Å². The molecule has 4 unspecified atom stereocenters. The van der Waals surface area contributed by atoms with Gasteiger partial charge in [-0.15, -0.1) is 0 Å². The molecule has 1 saturated heterocycles. The maximum absolute atomic E-state index is 12.7. The van der Waals surface area contributed by atoms with Crippen LogP contribution in [-0.4, -0.2) is 34.5 Å². The molecule has 0 radical (unpaired) electrons. The van der Waals surface area contributed by atoms with E-state index in [2.05, 4.69) is 19.9 Å². The van der Waals surface area contributed by atoms with Crippen molar-refractivity contribution >= 4 is 11.9 Å². The van der Waals surface area contributed by atoms with E-state index in [-0.39, 0.29) is 29.7 Å². The van der Waals surface area contributed by atoms with Gasteiger partial charge in [0.2, 0.25) is 5.91 Å². The van der Waals surface area contributed by atoms with E-state index in [0.29, 0.717) is 5.92 Å². The minimum absolute atomic E-state index is 0.0618. The largest absolute Gasteiger partial charge is 0.481 e. The molecule has 2 bridgehead atoms. The lowest BCUT2D eigenvalue weighted by atomic mass is 9.82. The number of likely N-dealkylation sites (tertiary alicyclic amines) is 1. The van der Waals surface area contributed by atoms with Gasteiger partial charge in [0.15, 0.2) is 0 Å². The number of hydrogen-bond acceptors (Lipinski definition) is 2. The van der Waals surface area contributed by atoms with Crippen LogP contribution < -0.4 is 0 Å². The molecule has 2 fully saturated rings. The zero-order chi connectivity index (χ0) is 13.7. The van der Waals surface area contributed by atoms with Crippen molar-refractivity contribution in [1.29, 1.82) is 0 Å². The Morgan fingerprint density at radius 1 is 1.11 bits per heavy atom. The molecule has 1 amide bonds. The van der Waals surface area contributed by atoms with Crippen molar-refractivity contribution in [1.82, 2.24) is 4.90 Å². The molecule has 0 aromatic heterocycles. The molecule has 0 aromatic rings. The number of amides is 1. The van der Waals surface area contributed by atoms with E-state index in [0.717, 1.165) is 19.4 Å². The summed E-state index contributed by atoms with van der Waals surface area (Å²) in [5.41, 5.74) is 0. The average molecular weight is 263 g/mol. The van der Waals surface area contributed by atoms with Crippen LogP contribution in [0.2, 0.25) is 0 Å². The fourth-order valence-electron chi connectivity index (χ4n) is 4.29. The molecule has 1 aliphatic heterocycles. The molecular formula is C15H21NO3. The third-order valence-corrected chi connectivity index (χ3v) is 5.10. The zero-order valence-corrected chi connectivity index (χ0v) is 11.5. The zero-order valence-electron chi connectivity index (χ0n) is 11.5. The van der Waals surface area contributed by atoms with Crippen molar-refractivity contribution in [2.24, 2.45) is 29.6 Å². The first-order valence-electron chi connectivity index (χ1n) is 7.20. The maximum Gasteiger partial charge on any atom is 0.307 e. The first-order valence-corrected chi connectivity index (χ1v) is 7.20. The van der Waals surface area contributed by atoms with Gasteiger partial charge in [-0.25, -0.2) is 0 Å². The average Bonchev–Trinajstić information content (AvgIpc) is 3.01. The monoisotopic (exact) mass is 263 g/mol. The Morgan fingerprint density at radius 2 is 1.74 bits per heavy atom. The van der Waals surface area contributed by atoms with Crippen LogP contribution in [0.25, 0.3) is 0 Å². The van der Waals surface area contributed by atoms with Crippen LogP contribution in [0.1, 0.15) is 26.7 Å². The summed E-state index contributed by atoms with van der Waals surface area (Å²) >= 11 is 0. The van der Waals surface area contributed by atoms with E-state index < -0.39 is 11.9 Å². The lowest BCUT2D eigenvalue weighted by Crippen LogP contribution is -2.44.